The van der Waals surface area contributed by atoms with Crippen molar-refractivity contribution in [3.63, 3.8) is 0 Å². The fraction of sp³-hybridized carbons (Fsp3) is 0.333. The molecule has 0 radical (unpaired) electrons. The summed E-state index contributed by atoms with van der Waals surface area (Å²) < 4.78 is 0. The van der Waals surface area contributed by atoms with Gasteiger partial charge in [0, 0.05) is 29.6 Å². The van der Waals surface area contributed by atoms with Crippen LogP contribution >= 0.6 is 11.3 Å². The molecule has 90 valence electrons. The number of thiazole rings is 1. The molecule has 0 aliphatic heterocycles. The number of hydrogen-bond donors (Lipinski definition) is 2. The first kappa shape index (κ1) is 12.0. The first-order valence-corrected chi connectivity index (χ1v) is 6.37. The van der Waals surface area contributed by atoms with Crippen LogP contribution in [-0.2, 0) is 6.42 Å². The Morgan fingerprint density at radius 1 is 1.53 bits per heavy atom. The van der Waals surface area contributed by atoms with Crippen molar-refractivity contribution in [2.24, 2.45) is 0 Å². The summed E-state index contributed by atoms with van der Waals surface area (Å²) in [5.41, 5.74) is 8.01. The Labute approximate surface area is 105 Å². The molecule has 2 aromatic heterocycles. The summed E-state index contributed by atoms with van der Waals surface area (Å²) in [5, 5.41) is 6.44. The highest BCUT2D eigenvalue weighted by atomic mass is 32.1. The van der Waals surface area contributed by atoms with E-state index in [0.717, 1.165) is 22.7 Å². The van der Waals surface area contributed by atoms with Crippen LogP contribution in [0.1, 0.15) is 22.3 Å². The van der Waals surface area contributed by atoms with Crippen molar-refractivity contribution in [3.8, 4) is 0 Å². The number of nitrogens with two attached hydrogens (primary N) is 1. The Hall–Kier alpha value is -1.46. The molecule has 0 amide bonds. The number of anilines is 1. The highest BCUT2D eigenvalue weighted by Crippen LogP contribution is 2.22. The van der Waals surface area contributed by atoms with E-state index in [0.29, 0.717) is 5.82 Å². The van der Waals surface area contributed by atoms with Crippen LogP contribution in [0.4, 0.5) is 5.82 Å². The molecule has 1 atom stereocenters. The van der Waals surface area contributed by atoms with Crippen molar-refractivity contribution < 1.29 is 0 Å². The van der Waals surface area contributed by atoms with Crippen molar-refractivity contribution in [3.05, 3.63) is 40.0 Å². The Bertz CT molecular complexity index is 495. The number of nitrogen functional groups attached to an aromatic ring is 1. The molecule has 0 spiro atoms. The van der Waals surface area contributed by atoms with Gasteiger partial charge in [-0.3, -0.25) is 0 Å². The van der Waals surface area contributed by atoms with Crippen LogP contribution in [0.2, 0.25) is 0 Å². The van der Waals surface area contributed by atoms with Gasteiger partial charge in [-0.05, 0) is 20.0 Å². The quantitative estimate of drug-likeness (QED) is 0.868. The molecular weight excluding hydrogens is 232 g/mol. The molecule has 0 aromatic carbocycles. The molecule has 17 heavy (non-hydrogen) atoms. The maximum absolute atomic E-state index is 5.89. The van der Waals surface area contributed by atoms with Crippen LogP contribution in [0.5, 0.6) is 0 Å². The summed E-state index contributed by atoms with van der Waals surface area (Å²) in [6, 6.07) is 4.07. The van der Waals surface area contributed by atoms with Crippen LogP contribution < -0.4 is 11.1 Å². The minimum absolute atomic E-state index is 0.158. The summed E-state index contributed by atoms with van der Waals surface area (Å²) in [6.45, 7) is 2.01. The summed E-state index contributed by atoms with van der Waals surface area (Å²) in [6.07, 6.45) is 2.54. The van der Waals surface area contributed by atoms with Gasteiger partial charge in [0.25, 0.3) is 0 Å². The average Bonchev–Trinajstić information content (AvgIpc) is 2.73. The molecule has 4 nitrogen and oxygen atoms in total. The summed E-state index contributed by atoms with van der Waals surface area (Å²) in [4.78, 5) is 8.59. The second kappa shape index (κ2) is 5.25. The molecule has 2 aromatic rings. The molecule has 3 N–H and O–H groups in total. The zero-order valence-corrected chi connectivity index (χ0v) is 10.8. The lowest BCUT2D eigenvalue weighted by molar-refractivity contribution is 0.585. The number of nitrogens with zero attached hydrogens (tertiary/aromatic N) is 2. The maximum Gasteiger partial charge on any atom is 0.128 e. The summed E-state index contributed by atoms with van der Waals surface area (Å²) in [5.74, 6) is 0.582. The third-order valence-electron chi connectivity index (χ3n) is 2.67. The van der Waals surface area contributed by atoms with Gasteiger partial charge in [0.2, 0.25) is 0 Å². The van der Waals surface area contributed by atoms with Crippen LogP contribution in [0.25, 0.3) is 0 Å². The number of aromatic nitrogens is 2. The van der Waals surface area contributed by atoms with Gasteiger partial charge in [0.05, 0.1) is 10.7 Å². The van der Waals surface area contributed by atoms with Gasteiger partial charge in [0.1, 0.15) is 5.82 Å². The number of aryl methyl sites for hydroxylation is 1. The van der Waals surface area contributed by atoms with E-state index < -0.39 is 0 Å². The number of pyridine rings is 1. The van der Waals surface area contributed by atoms with Crippen molar-refractivity contribution in [1.29, 1.82) is 0 Å². The molecule has 0 fully saturated rings. The zero-order valence-electron chi connectivity index (χ0n) is 9.97. The number of nitrogens with one attached hydrogen (secondary N) is 1. The van der Waals surface area contributed by atoms with Crippen LogP contribution in [0.3, 0.4) is 0 Å². The third kappa shape index (κ3) is 2.81. The number of likely N-dealkylation sites (N-methyl/N-ethyl adjacent to an activating group) is 1. The second-order valence-corrected chi connectivity index (χ2v) is 4.94. The van der Waals surface area contributed by atoms with E-state index in [1.165, 1.54) is 0 Å². The lowest BCUT2D eigenvalue weighted by Gasteiger charge is -2.16. The first-order valence-electron chi connectivity index (χ1n) is 5.49. The van der Waals surface area contributed by atoms with E-state index >= 15 is 0 Å². The lowest BCUT2D eigenvalue weighted by Crippen LogP contribution is -2.20. The van der Waals surface area contributed by atoms with E-state index in [-0.39, 0.29) is 6.04 Å². The van der Waals surface area contributed by atoms with Gasteiger partial charge in [-0.25, -0.2) is 9.97 Å². The average molecular weight is 248 g/mol. The Morgan fingerprint density at radius 2 is 2.35 bits per heavy atom. The van der Waals surface area contributed by atoms with E-state index in [4.69, 9.17) is 5.73 Å². The molecule has 2 heterocycles. The predicted molar refractivity (Wildman–Crippen MR) is 71.0 cm³/mol. The van der Waals surface area contributed by atoms with Gasteiger partial charge < -0.3 is 11.1 Å². The van der Waals surface area contributed by atoms with Gasteiger partial charge in [0.15, 0.2) is 0 Å². The molecular formula is C12H16N4S. The topological polar surface area (TPSA) is 63.8 Å². The van der Waals surface area contributed by atoms with Gasteiger partial charge >= 0.3 is 0 Å². The normalized spacial score (nSPS) is 12.6. The summed E-state index contributed by atoms with van der Waals surface area (Å²) >= 11 is 1.67. The fourth-order valence-electron chi connectivity index (χ4n) is 1.80. The van der Waals surface area contributed by atoms with Gasteiger partial charge in [-0.1, -0.05) is 6.07 Å². The van der Waals surface area contributed by atoms with Gasteiger partial charge in [-0.2, -0.15) is 0 Å². The molecule has 5 heteroatoms. The smallest absolute Gasteiger partial charge is 0.128 e. The summed E-state index contributed by atoms with van der Waals surface area (Å²) in [7, 11) is 1.93. The van der Waals surface area contributed by atoms with Crippen molar-refractivity contribution in [1.82, 2.24) is 15.3 Å². The minimum Gasteiger partial charge on any atom is -0.383 e. The van der Waals surface area contributed by atoms with Gasteiger partial charge in [-0.15, -0.1) is 11.3 Å². The first-order chi connectivity index (χ1) is 8.20. The molecule has 2 rings (SSSR count). The highest BCUT2D eigenvalue weighted by molar-refractivity contribution is 7.09. The number of hydrogen-bond acceptors (Lipinski definition) is 5. The van der Waals surface area contributed by atoms with E-state index in [9.17, 15) is 0 Å². The Balaban J connectivity index is 2.20. The third-order valence-corrected chi connectivity index (χ3v) is 3.50. The Kier molecular flexibility index (Phi) is 3.71. The largest absolute Gasteiger partial charge is 0.383 e. The lowest BCUT2D eigenvalue weighted by atomic mass is 10.0. The molecule has 0 saturated carbocycles. The zero-order chi connectivity index (χ0) is 12.3. The van der Waals surface area contributed by atoms with E-state index in [1.54, 1.807) is 17.5 Å². The second-order valence-electron chi connectivity index (χ2n) is 3.88. The monoisotopic (exact) mass is 248 g/mol. The molecule has 0 aliphatic rings. The van der Waals surface area contributed by atoms with Crippen molar-refractivity contribution in [2.75, 3.05) is 12.8 Å². The van der Waals surface area contributed by atoms with Crippen LogP contribution in [0.15, 0.2) is 23.7 Å². The molecule has 0 aliphatic carbocycles. The SMILES string of the molecule is CNC(Cc1csc(C)n1)c1cccnc1N. The predicted octanol–water partition coefficient (Wildman–Crippen LogP) is 1.93. The minimum atomic E-state index is 0.158. The van der Waals surface area contributed by atoms with Crippen molar-refractivity contribution >= 4 is 17.2 Å². The standard InChI is InChI=1S/C12H16N4S/c1-8-16-9(7-17-8)6-11(14-2)10-4-3-5-15-12(10)13/h3-5,7,11,14H,6H2,1-2H3,(H2,13,15). The maximum atomic E-state index is 5.89. The molecule has 0 saturated heterocycles. The van der Waals surface area contributed by atoms with E-state index in [2.05, 4.69) is 20.7 Å². The Morgan fingerprint density at radius 3 is 2.94 bits per heavy atom. The highest BCUT2D eigenvalue weighted by Gasteiger charge is 2.14. The molecule has 1 unspecified atom stereocenters. The fourth-order valence-corrected chi connectivity index (χ4v) is 2.43. The van der Waals surface area contributed by atoms with Crippen LogP contribution in [0, 0.1) is 6.92 Å². The number of rotatable bonds is 4. The van der Waals surface area contributed by atoms with E-state index in [1.807, 2.05) is 26.1 Å². The molecule has 0 bridgehead atoms. The van der Waals surface area contributed by atoms with Crippen LogP contribution in [-0.4, -0.2) is 17.0 Å². The van der Waals surface area contributed by atoms with Crippen molar-refractivity contribution in [2.45, 2.75) is 19.4 Å².